The molecule has 1 amide bonds. The smallest absolute Gasteiger partial charge is 0.256 e. The summed E-state index contributed by atoms with van der Waals surface area (Å²) in [6.45, 7) is 0. The average molecular weight is 452 g/mol. The molecule has 6 heteroatoms. The van der Waals surface area contributed by atoms with Crippen LogP contribution in [0.1, 0.15) is 10.4 Å². The molecule has 0 saturated heterocycles. The first-order valence-corrected chi connectivity index (χ1v) is 7.57. The normalized spacial score (nSPS) is 10.3. The van der Waals surface area contributed by atoms with Crippen molar-refractivity contribution in [3.05, 3.63) is 61.2 Å². The van der Waals surface area contributed by atoms with Gasteiger partial charge in [0.1, 0.15) is 5.82 Å². The van der Waals surface area contributed by atoms with Gasteiger partial charge in [-0.1, -0.05) is 15.9 Å². The Morgan fingerprint density at radius 2 is 1.74 bits per heavy atom. The highest BCUT2D eigenvalue weighted by molar-refractivity contribution is 9.11. The van der Waals surface area contributed by atoms with Gasteiger partial charge in [0.2, 0.25) is 0 Å². The molecule has 0 aliphatic rings. The van der Waals surface area contributed by atoms with Crippen LogP contribution in [-0.2, 0) is 0 Å². The van der Waals surface area contributed by atoms with Crippen molar-refractivity contribution in [2.45, 2.75) is 0 Å². The Hall–Kier alpha value is -0.720. The zero-order chi connectivity index (χ0) is 14.0. The van der Waals surface area contributed by atoms with Crippen LogP contribution in [0.25, 0.3) is 0 Å². The quantitative estimate of drug-likeness (QED) is 0.653. The zero-order valence-corrected chi connectivity index (χ0v) is 14.1. The van der Waals surface area contributed by atoms with E-state index in [4.69, 9.17) is 0 Å². The van der Waals surface area contributed by atoms with E-state index < -0.39 is 0 Å². The lowest BCUT2D eigenvalue weighted by atomic mass is 10.2. The highest BCUT2D eigenvalue weighted by atomic mass is 79.9. The Labute approximate surface area is 134 Å². The van der Waals surface area contributed by atoms with E-state index in [1.165, 1.54) is 18.2 Å². The number of rotatable bonds is 2. The van der Waals surface area contributed by atoms with Crippen LogP contribution in [-0.4, -0.2) is 5.91 Å². The molecule has 0 spiro atoms. The molecule has 0 bridgehead atoms. The van der Waals surface area contributed by atoms with Crippen molar-refractivity contribution < 1.29 is 9.18 Å². The SMILES string of the molecule is O=C(Nc1ccc(F)c(Br)c1)c1cc(Br)ccc1Br. The Morgan fingerprint density at radius 3 is 2.42 bits per heavy atom. The molecule has 19 heavy (non-hydrogen) atoms. The highest BCUT2D eigenvalue weighted by Crippen LogP contribution is 2.24. The minimum atomic E-state index is -0.373. The van der Waals surface area contributed by atoms with Gasteiger partial charge in [0, 0.05) is 14.6 Å². The van der Waals surface area contributed by atoms with Crippen LogP contribution in [0.5, 0.6) is 0 Å². The van der Waals surface area contributed by atoms with Crippen molar-refractivity contribution in [1.82, 2.24) is 0 Å². The Kier molecular flexibility index (Phi) is 4.76. The molecule has 0 saturated carbocycles. The van der Waals surface area contributed by atoms with Crippen LogP contribution in [0.2, 0.25) is 0 Å². The summed E-state index contributed by atoms with van der Waals surface area (Å²) in [5.41, 5.74) is 1.01. The van der Waals surface area contributed by atoms with Gasteiger partial charge in [0.15, 0.2) is 0 Å². The topological polar surface area (TPSA) is 29.1 Å². The van der Waals surface area contributed by atoms with Crippen molar-refractivity contribution in [2.24, 2.45) is 0 Å². The average Bonchev–Trinajstić information content (AvgIpc) is 2.36. The van der Waals surface area contributed by atoms with Crippen LogP contribution >= 0.6 is 47.8 Å². The molecule has 2 nitrogen and oxygen atoms in total. The second-order valence-corrected chi connectivity index (χ2v) is 6.33. The van der Waals surface area contributed by atoms with Crippen molar-refractivity contribution in [1.29, 1.82) is 0 Å². The van der Waals surface area contributed by atoms with Crippen molar-refractivity contribution >= 4 is 59.4 Å². The summed E-state index contributed by atoms with van der Waals surface area (Å²) < 4.78 is 14.9. The van der Waals surface area contributed by atoms with E-state index in [0.717, 1.165) is 4.47 Å². The van der Waals surface area contributed by atoms with Gasteiger partial charge in [-0.25, -0.2) is 4.39 Å². The van der Waals surface area contributed by atoms with E-state index in [-0.39, 0.29) is 11.7 Å². The van der Waals surface area contributed by atoms with Gasteiger partial charge in [0.05, 0.1) is 10.0 Å². The summed E-state index contributed by atoms with van der Waals surface area (Å²) in [6, 6.07) is 9.62. The molecule has 0 aromatic heterocycles. The van der Waals surface area contributed by atoms with Gasteiger partial charge < -0.3 is 5.32 Å². The number of hydrogen-bond acceptors (Lipinski definition) is 1. The first kappa shape index (κ1) is 14.7. The molecule has 2 aromatic rings. The fourth-order valence-corrected chi connectivity index (χ4v) is 2.61. The summed E-state index contributed by atoms with van der Waals surface area (Å²) in [5.74, 6) is -0.645. The van der Waals surface area contributed by atoms with Crippen LogP contribution in [0.15, 0.2) is 49.8 Å². The largest absolute Gasteiger partial charge is 0.322 e. The third-order valence-corrected chi connectivity index (χ3v) is 4.14. The summed E-state index contributed by atoms with van der Waals surface area (Å²) in [5, 5.41) is 2.71. The van der Waals surface area contributed by atoms with E-state index in [0.29, 0.717) is 20.2 Å². The third-order valence-electron chi connectivity index (χ3n) is 2.35. The number of carbonyl (C=O) groups is 1. The van der Waals surface area contributed by atoms with Crippen LogP contribution in [0.3, 0.4) is 0 Å². The standard InChI is InChI=1S/C13H7Br3FNO/c14-7-1-3-10(15)9(5-7)13(19)18-8-2-4-12(17)11(16)6-8/h1-6H,(H,18,19). The van der Waals surface area contributed by atoms with Gasteiger partial charge in [-0.15, -0.1) is 0 Å². The Balaban J connectivity index is 2.25. The Bertz CT molecular complexity index is 646. The zero-order valence-electron chi connectivity index (χ0n) is 9.38. The van der Waals surface area contributed by atoms with Crippen LogP contribution in [0.4, 0.5) is 10.1 Å². The molecule has 98 valence electrons. The summed E-state index contributed by atoms with van der Waals surface area (Å²) in [4.78, 5) is 12.1. The molecule has 0 heterocycles. The van der Waals surface area contributed by atoms with Gasteiger partial charge in [0.25, 0.3) is 5.91 Å². The summed E-state index contributed by atoms with van der Waals surface area (Å²) >= 11 is 9.71. The van der Waals surface area contributed by atoms with Crippen molar-refractivity contribution in [3.63, 3.8) is 0 Å². The number of benzene rings is 2. The first-order chi connectivity index (χ1) is 8.97. The van der Waals surface area contributed by atoms with E-state index in [2.05, 4.69) is 53.1 Å². The number of anilines is 1. The maximum Gasteiger partial charge on any atom is 0.256 e. The molecular formula is C13H7Br3FNO. The number of halogens is 4. The molecule has 2 aromatic carbocycles. The molecular weight excluding hydrogens is 445 g/mol. The fourth-order valence-electron chi connectivity index (χ4n) is 1.44. The van der Waals surface area contributed by atoms with E-state index in [9.17, 15) is 9.18 Å². The van der Waals surface area contributed by atoms with Gasteiger partial charge in [-0.2, -0.15) is 0 Å². The second-order valence-electron chi connectivity index (χ2n) is 3.71. The number of hydrogen-bond donors (Lipinski definition) is 1. The van der Waals surface area contributed by atoms with Gasteiger partial charge in [-0.3, -0.25) is 4.79 Å². The maximum atomic E-state index is 13.1. The van der Waals surface area contributed by atoms with Gasteiger partial charge in [-0.05, 0) is 68.3 Å². The minimum absolute atomic E-state index is 0.272. The molecule has 0 aliphatic heterocycles. The van der Waals surface area contributed by atoms with Crippen LogP contribution in [0, 0.1) is 5.82 Å². The highest BCUT2D eigenvalue weighted by Gasteiger charge is 2.11. The molecule has 0 atom stereocenters. The molecule has 0 fully saturated rings. The molecule has 0 unspecified atom stereocenters. The molecule has 0 radical (unpaired) electrons. The number of amides is 1. The first-order valence-electron chi connectivity index (χ1n) is 5.19. The van der Waals surface area contributed by atoms with Crippen molar-refractivity contribution in [2.75, 3.05) is 5.32 Å². The Morgan fingerprint density at radius 1 is 1.00 bits per heavy atom. The van der Waals surface area contributed by atoms with Crippen LogP contribution < -0.4 is 5.32 Å². The summed E-state index contributed by atoms with van der Waals surface area (Å²) in [7, 11) is 0. The monoisotopic (exact) mass is 449 g/mol. The lowest BCUT2D eigenvalue weighted by Crippen LogP contribution is -2.12. The molecule has 1 N–H and O–H groups in total. The minimum Gasteiger partial charge on any atom is -0.322 e. The van der Waals surface area contributed by atoms with E-state index in [1.54, 1.807) is 12.1 Å². The number of carbonyl (C=O) groups excluding carboxylic acids is 1. The van der Waals surface area contributed by atoms with Gasteiger partial charge >= 0.3 is 0 Å². The van der Waals surface area contributed by atoms with E-state index in [1.807, 2.05) is 6.07 Å². The summed E-state index contributed by atoms with van der Waals surface area (Å²) in [6.07, 6.45) is 0. The molecule has 0 aliphatic carbocycles. The maximum absolute atomic E-state index is 13.1. The van der Waals surface area contributed by atoms with E-state index >= 15 is 0 Å². The predicted octanol–water partition coefficient (Wildman–Crippen LogP) is 5.37. The lowest BCUT2D eigenvalue weighted by molar-refractivity contribution is 0.102. The fraction of sp³-hybridized carbons (Fsp3) is 0. The molecule has 2 rings (SSSR count). The predicted molar refractivity (Wildman–Crippen MR) is 83.9 cm³/mol. The third kappa shape index (κ3) is 3.64. The van der Waals surface area contributed by atoms with Crippen molar-refractivity contribution in [3.8, 4) is 0 Å². The lowest BCUT2D eigenvalue weighted by Gasteiger charge is -2.08. The number of nitrogens with one attached hydrogen (secondary N) is 1. The second kappa shape index (κ2) is 6.15.